The zero-order chi connectivity index (χ0) is 25.1. The first kappa shape index (κ1) is 22.5. The highest BCUT2D eigenvalue weighted by Crippen LogP contribution is 2.47. The summed E-state index contributed by atoms with van der Waals surface area (Å²) in [5.74, 6) is 1.29. The Morgan fingerprint density at radius 2 is 1.78 bits per heavy atom. The van der Waals surface area contributed by atoms with E-state index in [0.717, 1.165) is 39.5 Å². The molecule has 3 aromatic carbocycles. The molecule has 0 bridgehead atoms. The highest BCUT2D eigenvalue weighted by atomic mass is 16.5. The van der Waals surface area contributed by atoms with Crippen LogP contribution in [0.15, 0.2) is 72.8 Å². The van der Waals surface area contributed by atoms with E-state index in [4.69, 9.17) is 15.5 Å². The molecule has 2 aliphatic rings. The minimum Gasteiger partial charge on any atom is -0.472 e. The second-order valence-corrected chi connectivity index (χ2v) is 10.1. The number of nitrogens with two attached hydrogens (primary N) is 1. The Morgan fingerprint density at radius 1 is 1.06 bits per heavy atom. The summed E-state index contributed by atoms with van der Waals surface area (Å²) in [6, 6.07) is 23.7. The summed E-state index contributed by atoms with van der Waals surface area (Å²) in [5.41, 5.74) is 11.4. The van der Waals surface area contributed by atoms with Gasteiger partial charge in [-0.05, 0) is 43.5 Å². The lowest BCUT2D eigenvalue weighted by atomic mass is 9.63. The van der Waals surface area contributed by atoms with Crippen molar-refractivity contribution in [1.29, 1.82) is 0 Å². The molecule has 36 heavy (non-hydrogen) atoms. The van der Waals surface area contributed by atoms with E-state index in [9.17, 15) is 9.90 Å². The van der Waals surface area contributed by atoms with E-state index in [2.05, 4.69) is 22.0 Å². The third kappa shape index (κ3) is 3.59. The summed E-state index contributed by atoms with van der Waals surface area (Å²) in [4.78, 5) is 17.4. The second-order valence-electron chi connectivity index (χ2n) is 10.1. The van der Waals surface area contributed by atoms with Gasteiger partial charge in [-0.2, -0.15) is 0 Å². The van der Waals surface area contributed by atoms with Crippen molar-refractivity contribution in [3.63, 3.8) is 0 Å². The summed E-state index contributed by atoms with van der Waals surface area (Å²) in [7, 11) is 1.62. The summed E-state index contributed by atoms with van der Waals surface area (Å²) in [6.07, 6.45) is 1.07. The fourth-order valence-electron chi connectivity index (χ4n) is 5.60. The molecule has 1 amide bonds. The van der Waals surface area contributed by atoms with Gasteiger partial charge in [0.1, 0.15) is 11.6 Å². The Balaban J connectivity index is 1.48. The maximum atomic E-state index is 12.3. The number of rotatable bonds is 4. The fourth-order valence-corrected chi connectivity index (χ4v) is 5.60. The summed E-state index contributed by atoms with van der Waals surface area (Å²) in [6.45, 7) is 2.14. The van der Waals surface area contributed by atoms with Crippen molar-refractivity contribution in [2.75, 3.05) is 7.05 Å². The first-order valence-corrected chi connectivity index (χ1v) is 12.1. The number of imidazole rings is 1. The number of fused-ring (bicyclic) bond motifs is 3. The van der Waals surface area contributed by atoms with E-state index in [-0.39, 0.29) is 5.91 Å². The van der Waals surface area contributed by atoms with Crippen LogP contribution in [0.3, 0.4) is 0 Å². The predicted octanol–water partition coefficient (Wildman–Crippen LogP) is 4.29. The Bertz CT molecular complexity index is 1460. The van der Waals surface area contributed by atoms with Crippen LogP contribution in [0.5, 0.6) is 5.75 Å². The molecule has 0 radical (unpaired) electrons. The molecule has 182 valence electrons. The van der Waals surface area contributed by atoms with Crippen molar-refractivity contribution < 1.29 is 14.6 Å². The van der Waals surface area contributed by atoms with Crippen LogP contribution in [0, 0.1) is 0 Å². The minimum absolute atomic E-state index is 0.161. The largest absolute Gasteiger partial charge is 0.472 e. The number of carbonyl (C=O) groups excluding carboxylic acids is 1. The van der Waals surface area contributed by atoms with Gasteiger partial charge < -0.3 is 20.9 Å². The monoisotopic (exact) mass is 480 g/mol. The molecule has 1 aliphatic carbocycles. The van der Waals surface area contributed by atoms with Crippen LogP contribution in [0.25, 0.3) is 33.9 Å². The molecule has 4 N–H and O–H groups in total. The first-order chi connectivity index (χ1) is 17.3. The summed E-state index contributed by atoms with van der Waals surface area (Å²) < 4.78 is 8.14. The molecule has 0 saturated heterocycles. The van der Waals surface area contributed by atoms with Gasteiger partial charge in [0, 0.05) is 29.3 Å². The molecular formula is C29H28N4O3. The van der Waals surface area contributed by atoms with Gasteiger partial charge in [-0.25, -0.2) is 4.98 Å². The van der Waals surface area contributed by atoms with Crippen molar-refractivity contribution in [2.45, 2.75) is 37.6 Å². The number of hydrogen-bond acceptors (Lipinski definition) is 5. The van der Waals surface area contributed by atoms with Gasteiger partial charge in [-0.15, -0.1) is 0 Å². The van der Waals surface area contributed by atoms with Gasteiger partial charge in [0.2, 0.25) is 0 Å². The minimum atomic E-state index is -0.711. The Labute approximate surface area is 209 Å². The van der Waals surface area contributed by atoms with Gasteiger partial charge in [0.05, 0.1) is 22.6 Å². The zero-order valence-corrected chi connectivity index (χ0v) is 20.3. The molecule has 6 rings (SSSR count). The molecule has 4 aromatic rings. The van der Waals surface area contributed by atoms with Crippen molar-refractivity contribution in [3.05, 3.63) is 83.9 Å². The molecule has 1 aliphatic heterocycles. The standard InChI is InChI=1S/C29H28N4O3/c1-28(35)15-29(30,16-28)21-11-8-18(9-12-21)24-25(19-6-4-3-5-7-19)33-17-36-23-13-10-20(27(34)31-2)14-22(23)26(33)32-24/h3-14,35H,15-17,30H2,1-2H3,(H,31,34)/t28-,29-. The molecular weight excluding hydrogens is 452 g/mol. The quantitative estimate of drug-likeness (QED) is 0.404. The number of hydrogen-bond donors (Lipinski definition) is 3. The SMILES string of the molecule is CNC(=O)c1ccc2c(c1)-c1nc(-c3ccc([C@]4(N)C[C@](C)(O)C4)cc3)c(-c3ccccc3)n1CO2. The van der Waals surface area contributed by atoms with Crippen molar-refractivity contribution in [2.24, 2.45) is 5.73 Å². The maximum absolute atomic E-state index is 12.3. The Morgan fingerprint density at radius 3 is 2.44 bits per heavy atom. The number of amides is 1. The number of carbonyl (C=O) groups is 1. The molecule has 0 spiro atoms. The number of nitrogens with zero attached hydrogens (tertiary/aromatic N) is 2. The molecule has 0 unspecified atom stereocenters. The second kappa shape index (κ2) is 8.05. The third-order valence-corrected chi connectivity index (χ3v) is 7.20. The van der Waals surface area contributed by atoms with Gasteiger partial charge in [-0.3, -0.25) is 9.36 Å². The van der Waals surface area contributed by atoms with Gasteiger partial charge in [-0.1, -0.05) is 54.6 Å². The lowest BCUT2D eigenvalue weighted by Gasteiger charge is -2.49. The van der Waals surface area contributed by atoms with E-state index in [0.29, 0.717) is 30.9 Å². The van der Waals surface area contributed by atoms with Crippen LogP contribution >= 0.6 is 0 Å². The molecule has 0 atom stereocenters. The van der Waals surface area contributed by atoms with E-state index >= 15 is 0 Å². The van der Waals surface area contributed by atoms with Crippen LogP contribution in [-0.2, 0) is 12.3 Å². The molecule has 1 aromatic heterocycles. The topological polar surface area (TPSA) is 102 Å². The van der Waals surface area contributed by atoms with Crippen LogP contribution in [-0.4, -0.2) is 33.2 Å². The van der Waals surface area contributed by atoms with Crippen molar-refractivity contribution >= 4 is 5.91 Å². The number of ether oxygens (including phenoxy) is 1. The van der Waals surface area contributed by atoms with E-state index in [1.165, 1.54) is 0 Å². The molecule has 2 heterocycles. The predicted molar refractivity (Wildman–Crippen MR) is 138 cm³/mol. The highest BCUT2D eigenvalue weighted by Gasteiger charge is 2.49. The van der Waals surface area contributed by atoms with Crippen LogP contribution in [0.4, 0.5) is 0 Å². The lowest BCUT2D eigenvalue weighted by molar-refractivity contribution is -0.0738. The first-order valence-electron chi connectivity index (χ1n) is 12.1. The summed E-state index contributed by atoms with van der Waals surface area (Å²) in [5, 5.41) is 12.9. The number of aliphatic hydroxyl groups is 1. The van der Waals surface area contributed by atoms with Crippen LogP contribution in [0.1, 0.15) is 35.7 Å². The van der Waals surface area contributed by atoms with E-state index in [1.54, 1.807) is 13.1 Å². The zero-order valence-electron chi connectivity index (χ0n) is 20.3. The fraction of sp³-hybridized carbons (Fsp3) is 0.241. The Kier molecular flexibility index (Phi) is 5.03. The normalized spacial score (nSPS) is 22.1. The molecule has 1 fully saturated rings. The third-order valence-electron chi connectivity index (χ3n) is 7.20. The van der Waals surface area contributed by atoms with Crippen molar-refractivity contribution in [1.82, 2.24) is 14.9 Å². The number of benzene rings is 3. The summed E-state index contributed by atoms with van der Waals surface area (Å²) >= 11 is 0. The Hall–Kier alpha value is -3.94. The van der Waals surface area contributed by atoms with Gasteiger partial charge in [0.15, 0.2) is 6.73 Å². The van der Waals surface area contributed by atoms with Gasteiger partial charge in [0.25, 0.3) is 5.91 Å². The average molecular weight is 481 g/mol. The van der Waals surface area contributed by atoms with Gasteiger partial charge >= 0.3 is 0 Å². The number of aromatic nitrogens is 2. The van der Waals surface area contributed by atoms with Crippen LogP contribution in [0.2, 0.25) is 0 Å². The maximum Gasteiger partial charge on any atom is 0.251 e. The lowest BCUT2D eigenvalue weighted by Crippen LogP contribution is -2.58. The molecule has 1 saturated carbocycles. The smallest absolute Gasteiger partial charge is 0.251 e. The van der Waals surface area contributed by atoms with E-state index in [1.807, 2.05) is 61.5 Å². The molecule has 7 heteroatoms. The molecule has 7 nitrogen and oxygen atoms in total. The average Bonchev–Trinajstić information content (AvgIpc) is 3.27. The van der Waals surface area contributed by atoms with E-state index < -0.39 is 11.1 Å². The van der Waals surface area contributed by atoms with Crippen LogP contribution < -0.4 is 15.8 Å². The van der Waals surface area contributed by atoms with Crippen molar-refractivity contribution in [3.8, 4) is 39.7 Å². The highest BCUT2D eigenvalue weighted by molar-refractivity contribution is 5.96. The number of nitrogens with one attached hydrogen (secondary N) is 1.